The van der Waals surface area contributed by atoms with Crippen LogP contribution < -0.4 is 5.73 Å². The summed E-state index contributed by atoms with van der Waals surface area (Å²) < 4.78 is 24.9. The molecule has 1 aromatic heterocycles. The molecule has 0 aliphatic rings. The van der Waals surface area contributed by atoms with Crippen molar-refractivity contribution < 1.29 is 18.7 Å². The minimum absolute atomic E-state index is 0.438. The van der Waals surface area contributed by atoms with Gasteiger partial charge in [-0.05, 0) is 0 Å². The van der Waals surface area contributed by atoms with Gasteiger partial charge in [-0.1, -0.05) is 0 Å². The highest BCUT2D eigenvalue weighted by molar-refractivity contribution is 5.93. The summed E-state index contributed by atoms with van der Waals surface area (Å²) in [5.41, 5.74) is 2.97. The van der Waals surface area contributed by atoms with E-state index in [1.54, 1.807) is 0 Å². The number of carboxylic acid groups (broad SMARTS) is 1. The number of aromatic carboxylic acids is 1. The van der Waals surface area contributed by atoms with E-state index in [1.165, 1.54) is 6.07 Å². The number of hydrogen-bond acceptors (Lipinski definition) is 4. The van der Waals surface area contributed by atoms with E-state index in [0.29, 0.717) is 0 Å². The predicted molar refractivity (Wildman–Crippen MR) is 45.3 cm³/mol. The zero-order chi connectivity index (χ0) is 11.6. The molecule has 0 aliphatic heterocycles. The van der Waals surface area contributed by atoms with Crippen molar-refractivity contribution in [1.29, 1.82) is 5.26 Å². The van der Waals surface area contributed by atoms with Gasteiger partial charge in [0.05, 0.1) is 16.7 Å². The second kappa shape index (κ2) is 3.88. The largest absolute Gasteiger partial charge is 0.478 e. The molecule has 0 saturated heterocycles. The van der Waals surface area contributed by atoms with E-state index in [0.717, 1.165) is 6.20 Å². The first kappa shape index (κ1) is 10.8. The summed E-state index contributed by atoms with van der Waals surface area (Å²) in [6.45, 7) is 0. The van der Waals surface area contributed by atoms with Crippen LogP contribution in [0.25, 0.3) is 0 Å². The monoisotopic (exact) mass is 213 g/mol. The first-order chi connectivity index (χ1) is 6.99. The summed E-state index contributed by atoms with van der Waals surface area (Å²) in [6, 6.07) is 1.47. The highest BCUT2D eigenvalue weighted by atomic mass is 19.3. The topological polar surface area (TPSA) is 100 Å². The van der Waals surface area contributed by atoms with Gasteiger partial charge < -0.3 is 10.8 Å². The lowest BCUT2D eigenvalue weighted by Gasteiger charge is -2.08. The third-order valence-electron chi connectivity index (χ3n) is 1.70. The Hall–Kier alpha value is -2.23. The fraction of sp³-hybridized carbons (Fsp3) is 0.125. The number of hydrogen-bond donors (Lipinski definition) is 2. The molecule has 78 valence electrons. The van der Waals surface area contributed by atoms with Crippen molar-refractivity contribution in [3.8, 4) is 6.07 Å². The average molecular weight is 213 g/mol. The third-order valence-corrected chi connectivity index (χ3v) is 1.70. The number of aromatic nitrogens is 1. The van der Waals surface area contributed by atoms with Gasteiger partial charge in [0.15, 0.2) is 0 Å². The Kier molecular flexibility index (Phi) is 2.80. The van der Waals surface area contributed by atoms with Gasteiger partial charge in [0.25, 0.3) is 6.43 Å². The molecule has 0 fully saturated rings. The molecule has 0 aliphatic carbocycles. The van der Waals surface area contributed by atoms with Crippen LogP contribution in [0.4, 0.5) is 14.6 Å². The molecule has 1 rings (SSSR count). The molecule has 0 atom stereocenters. The summed E-state index contributed by atoms with van der Waals surface area (Å²) in [4.78, 5) is 14.0. The Morgan fingerprint density at radius 1 is 1.67 bits per heavy atom. The maximum atomic E-state index is 12.5. The fourth-order valence-electron chi connectivity index (χ4n) is 1.08. The van der Waals surface area contributed by atoms with Gasteiger partial charge >= 0.3 is 5.97 Å². The highest BCUT2D eigenvalue weighted by Crippen LogP contribution is 2.29. The van der Waals surface area contributed by atoms with Crippen molar-refractivity contribution in [2.75, 3.05) is 5.73 Å². The van der Waals surface area contributed by atoms with E-state index in [4.69, 9.17) is 16.1 Å². The Bertz CT molecular complexity index is 454. The number of halogens is 2. The van der Waals surface area contributed by atoms with Crippen LogP contribution in [0.3, 0.4) is 0 Å². The first-order valence-electron chi connectivity index (χ1n) is 3.69. The molecule has 0 unspecified atom stereocenters. The maximum absolute atomic E-state index is 12.5. The van der Waals surface area contributed by atoms with Crippen molar-refractivity contribution in [3.63, 3.8) is 0 Å². The fourth-order valence-corrected chi connectivity index (χ4v) is 1.08. The molecular formula is C8H5F2N3O2. The number of carbonyl (C=O) groups is 1. The van der Waals surface area contributed by atoms with Crippen molar-refractivity contribution in [2.24, 2.45) is 0 Å². The van der Waals surface area contributed by atoms with Gasteiger partial charge in [0, 0.05) is 6.20 Å². The molecule has 3 N–H and O–H groups in total. The summed E-state index contributed by atoms with van der Waals surface area (Å²) in [5, 5.41) is 17.2. The molecule has 7 heteroatoms. The number of rotatable bonds is 2. The summed E-state index contributed by atoms with van der Waals surface area (Å²) >= 11 is 0. The molecule has 15 heavy (non-hydrogen) atoms. The molecule has 0 amide bonds. The molecular weight excluding hydrogens is 208 g/mol. The molecule has 0 bridgehead atoms. The smallest absolute Gasteiger partial charge is 0.337 e. The van der Waals surface area contributed by atoms with Crippen LogP contribution in [-0.4, -0.2) is 16.1 Å². The van der Waals surface area contributed by atoms with Gasteiger partial charge in [-0.3, -0.25) is 0 Å². The second-order valence-corrected chi connectivity index (χ2v) is 2.56. The number of nitrogens with zero attached hydrogens (tertiary/aromatic N) is 2. The first-order valence-corrected chi connectivity index (χ1v) is 3.69. The van der Waals surface area contributed by atoms with E-state index < -0.39 is 34.9 Å². The zero-order valence-corrected chi connectivity index (χ0v) is 7.24. The Balaban J connectivity index is 3.60. The number of alkyl halides is 2. The van der Waals surface area contributed by atoms with Gasteiger partial charge in [-0.2, -0.15) is 5.26 Å². The van der Waals surface area contributed by atoms with E-state index >= 15 is 0 Å². The summed E-state index contributed by atoms with van der Waals surface area (Å²) in [7, 11) is 0. The lowest BCUT2D eigenvalue weighted by atomic mass is 10.0. The van der Waals surface area contributed by atoms with Crippen LogP contribution in [0.5, 0.6) is 0 Å². The van der Waals surface area contributed by atoms with E-state index in [-0.39, 0.29) is 0 Å². The van der Waals surface area contributed by atoms with E-state index in [2.05, 4.69) is 4.98 Å². The lowest BCUT2D eigenvalue weighted by molar-refractivity contribution is 0.0684. The minimum Gasteiger partial charge on any atom is -0.478 e. The third kappa shape index (κ3) is 1.83. The van der Waals surface area contributed by atoms with Crippen LogP contribution in [0.15, 0.2) is 6.20 Å². The van der Waals surface area contributed by atoms with Crippen LogP contribution in [0.2, 0.25) is 0 Å². The van der Waals surface area contributed by atoms with Gasteiger partial charge in [0.2, 0.25) is 0 Å². The van der Waals surface area contributed by atoms with Crippen LogP contribution in [0, 0.1) is 11.3 Å². The Labute approximate surface area is 82.8 Å². The molecule has 0 saturated carbocycles. The number of nitrogen functional groups attached to an aromatic ring is 1. The van der Waals surface area contributed by atoms with Gasteiger partial charge in [0.1, 0.15) is 11.9 Å². The van der Waals surface area contributed by atoms with E-state index in [9.17, 15) is 13.6 Å². The average Bonchev–Trinajstić information content (AvgIpc) is 2.16. The standard InChI is InChI=1S/C8H5F2N3O2/c9-6(10)5-4(8(14)15)3(1-11)2-13-7(5)12/h2,6H,(H2,12,13)(H,14,15). The lowest BCUT2D eigenvalue weighted by Crippen LogP contribution is -2.10. The zero-order valence-electron chi connectivity index (χ0n) is 7.24. The SMILES string of the molecule is N#Cc1cnc(N)c(C(F)F)c1C(=O)O. The number of carboxylic acids is 1. The van der Waals surface area contributed by atoms with Crippen molar-refractivity contribution in [2.45, 2.75) is 6.43 Å². The molecule has 5 nitrogen and oxygen atoms in total. The maximum Gasteiger partial charge on any atom is 0.337 e. The Morgan fingerprint density at radius 2 is 2.27 bits per heavy atom. The second-order valence-electron chi connectivity index (χ2n) is 2.56. The molecule has 0 aromatic carbocycles. The van der Waals surface area contributed by atoms with Gasteiger partial charge in [-0.25, -0.2) is 18.6 Å². The van der Waals surface area contributed by atoms with Crippen molar-refractivity contribution >= 4 is 11.8 Å². The minimum atomic E-state index is -3.09. The molecule has 0 spiro atoms. The highest BCUT2D eigenvalue weighted by Gasteiger charge is 2.25. The molecule has 1 heterocycles. The summed E-state index contributed by atoms with van der Waals surface area (Å²) in [5.74, 6) is -2.21. The molecule has 1 aromatic rings. The number of nitriles is 1. The molecule has 0 radical (unpaired) electrons. The normalized spacial score (nSPS) is 10.0. The number of pyridine rings is 1. The van der Waals surface area contributed by atoms with Crippen molar-refractivity contribution in [1.82, 2.24) is 4.98 Å². The van der Waals surface area contributed by atoms with Gasteiger partial charge in [-0.15, -0.1) is 0 Å². The van der Waals surface area contributed by atoms with Crippen LogP contribution in [-0.2, 0) is 0 Å². The van der Waals surface area contributed by atoms with Crippen LogP contribution >= 0.6 is 0 Å². The van der Waals surface area contributed by atoms with E-state index in [1.807, 2.05) is 0 Å². The predicted octanol–water partition coefficient (Wildman–Crippen LogP) is 1.17. The summed E-state index contributed by atoms with van der Waals surface area (Å²) in [6.07, 6.45) is -2.23. The van der Waals surface area contributed by atoms with Crippen molar-refractivity contribution in [3.05, 3.63) is 22.9 Å². The van der Waals surface area contributed by atoms with Crippen LogP contribution in [0.1, 0.15) is 27.9 Å². The quantitative estimate of drug-likeness (QED) is 0.767. The number of nitrogens with two attached hydrogens (primary N) is 1. The number of anilines is 1. The Morgan fingerprint density at radius 3 is 2.67 bits per heavy atom.